The molecule has 3 aromatic carbocycles. The van der Waals surface area contributed by atoms with Gasteiger partial charge in [-0.05, 0) is 68.6 Å². The number of carbonyl (C=O) groups excluding carboxylic acids is 3. The zero-order valence-electron chi connectivity index (χ0n) is 50.3. The lowest BCUT2D eigenvalue weighted by Gasteiger charge is -2.37. The number of anilines is 3. The van der Waals surface area contributed by atoms with Gasteiger partial charge in [0.05, 0.1) is 78.8 Å². The summed E-state index contributed by atoms with van der Waals surface area (Å²) in [7, 11) is 5.09. The highest BCUT2D eigenvalue weighted by Crippen LogP contribution is 2.34. The van der Waals surface area contributed by atoms with E-state index in [1.54, 1.807) is 72.0 Å². The van der Waals surface area contributed by atoms with E-state index in [4.69, 9.17) is 23.0 Å². The van der Waals surface area contributed by atoms with Gasteiger partial charge in [0.2, 0.25) is 0 Å². The van der Waals surface area contributed by atoms with Crippen molar-refractivity contribution < 1.29 is 37.4 Å². The number of benzene rings is 3. The maximum atomic E-state index is 13.1. The second kappa shape index (κ2) is 28.2. The maximum absolute atomic E-state index is 13.1. The standard InChI is InChI=1S/2C22H25N3O4.C22H25N3O3S/c1-3-28-22(27)19-20(17-8-4-5-9-18(17)23(2)21(19)26)25-12-10-24(11-13-25)15-16-7-6-14-29-16;1-3-29-22(27)19-20(17-6-4-5-7-18(17)23(2)21(19)26)25-11-9-24(10-12-25)14-16-8-13-28-15-16;1-3-28-22(27)19-20(17-8-4-5-9-18(17)23(2)21(19)26)25-12-10-24(11-13-25)15-16-7-6-14-29-16/h4-9,14H,3,10-13,15H2,1-2H3;4-8,13,15H,3,9-12,14H2,1-2H3;4-9,14H,3,10-13,15H2,1-2H3. The SMILES string of the molecule is CCOC(=O)c1c(N2CCN(Cc3ccco3)CC2)c2ccccc2n(C)c1=O.CCOC(=O)c1c(N2CCN(Cc3cccs3)CC2)c2ccccc2n(C)c1=O.CCOC(=O)c1c(N2CCN(Cc3ccoc3)CC2)c2ccccc2n(C)c1=O. The van der Waals surface area contributed by atoms with E-state index < -0.39 is 17.9 Å². The van der Waals surface area contributed by atoms with Gasteiger partial charge in [-0.15, -0.1) is 11.3 Å². The van der Waals surface area contributed by atoms with Crippen molar-refractivity contribution in [2.45, 2.75) is 40.4 Å². The zero-order chi connectivity index (χ0) is 61.1. The van der Waals surface area contributed by atoms with Crippen molar-refractivity contribution in [1.82, 2.24) is 28.4 Å². The minimum absolute atomic E-state index is 0.118. The van der Waals surface area contributed by atoms with E-state index >= 15 is 0 Å². The third kappa shape index (κ3) is 13.5. The molecule has 9 heterocycles. The molecule has 0 unspecified atom stereocenters. The number of furan rings is 2. The summed E-state index contributed by atoms with van der Waals surface area (Å²) < 4.78 is 30.9. The van der Waals surface area contributed by atoms with Gasteiger partial charge in [-0.1, -0.05) is 60.7 Å². The average molecular weight is 1200 g/mol. The van der Waals surface area contributed by atoms with E-state index in [9.17, 15) is 28.8 Å². The zero-order valence-corrected chi connectivity index (χ0v) is 51.1. The summed E-state index contributed by atoms with van der Waals surface area (Å²) in [5.41, 5.74) is 5.07. The molecule has 12 rings (SSSR count). The summed E-state index contributed by atoms with van der Waals surface area (Å²) in [6.07, 6.45) is 5.13. The van der Waals surface area contributed by atoms with Crippen LogP contribution < -0.4 is 31.4 Å². The first-order chi connectivity index (χ1) is 42.3. The molecule has 0 amide bonds. The summed E-state index contributed by atoms with van der Waals surface area (Å²) in [6.45, 7) is 17.9. The minimum Gasteiger partial charge on any atom is -0.472 e. The van der Waals surface area contributed by atoms with E-state index in [1.807, 2.05) is 91.0 Å². The van der Waals surface area contributed by atoms with E-state index in [0.29, 0.717) is 30.2 Å². The Labute approximate surface area is 508 Å². The van der Waals surface area contributed by atoms with E-state index in [2.05, 4.69) is 46.9 Å². The molecule has 0 spiro atoms. The lowest BCUT2D eigenvalue weighted by molar-refractivity contribution is 0.0514. The Bertz CT molecular complexity index is 3610. The van der Waals surface area contributed by atoms with Gasteiger partial charge < -0.3 is 51.4 Å². The Morgan fingerprint density at radius 2 is 0.839 bits per heavy atom. The van der Waals surface area contributed by atoms with Crippen molar-refractivity contribution in [3.8, 4) is 0 Å². The number of nitrogens with zero attached hydrogens (tertiary/aromatic N) is 9. The number of carbonyl (C=O) groups is 3. The summed E-state index contributed by atoms with van der Waals surface area (Å²) in [4.78, 5) is 92.2. The molecule has 9 aromatic rings. The number of hydrogen-bond acceptors (Lipinski definition) is 18. The molecule has 456 valence electrons. The molecule has 6 aromatic heterocycles. The van der Waals surface area contributed by atoms with Gasteiger partial charge in [-0.25, -0.2) is 14.4 Å². The van der Waals surface area contributed by atoms with Crippen LogP contribution in [0.3, 0.4) is 0 Å². The number of rotatable bonds is 15. The molecule has 3 aliphatic heterocycles. The topological polar surface area (TPSA) is 191 Å². The fraction of sp³-hybridized carbons (Fsp3) is 0.364. The molecule has 0 saturated carbocycles. The summed E-state index contributed by atoms with van der Waals surface area (Å²) >= 11 is 1.77. The molecule has 0 atom stereocenters. The lowest BCUT2D eigenvalue weighted by atomic mass is 10.1. The van der Waals surface area contributed by atoms with Gasteiger partial charge >= 0.3 is 17.9 Å². The van der Waals surface area contributed by atoms with Crippen LogP contribution in [0, 0.1) is 0 Å². The Balaban J connectivity index is 0.000000144. The van der Waals surface area contributed by atoms with Gasteiger partial charge in [0.1, 0.15) is 22.5 Å². The molecule has 87 heavy (non-hydrogen) atoms. The number of aryl methyl sites for hydroxylation is 3. The third-order valence-electron chi connectivity index (χ3n) is 16.2. The molecule has 20 nitrogen and oxygen atoms in total. The number of thiophene rings is 1. The van der Waals surface area contributed by atoms with Crippen LogP contribution in [0.2, 0.25) is 0 Å². The molecule has 3 fully saturated rings. The largest absolute Gasteiger partial charge is 0.472 e. The third-order valence-corrected chi connectivity index (χ3v) is 17.1. The minimum atomic E-state index is -0.563. The summed E-state index contributed by atoms with van der Waals surface area (Å²) in [5, 5.41) is 4.78. The highest BCUT2D eigenvalue weighted by Gasteiger charge is 2.32. The molecule has 0 radical (unpaired) electrons. The first-order valence-corrected chi connectivity index (χ1v) is 30.5. The van der Waals surface area contributed by atoms with Crippen molar-refractivity contribution in [1.29, 1.82) is 0 Å². The van der Waals surface area contributed by atoms with E-state index in [-0.39, 0.29) is 53.2 Å². The van der Waals surface area contributed by atoms with Crippen LogP contribution in [-0.2, 0) is 55.0 Å². The van der Waals surface area contributed by atoms with Gasteiger partial charge in [0.25, 0.3) is 16.7 Å². The predicted octanol–water partition coefficient (Wildman–Crippen LogP) is 8.36. The Morgan fingerprint density at radius 3 is 1.18 bits per heavy atom. The van der Waals surface area contributed by atoms with Crippen molar-refractivity contribution in [2.24, 2.45) is 21.1 Å². The Hall–Kier alpha value is -8.76. The van der Waals surface area contributed by atoms with Crippen molar-refractivity contribution in [3.63, 3.8) is 0 Å². The normalized spacial score (nSPS) is 15.0. The van der Waals surface area contributed by atoms with Crippen LogP contribution in [0.15, 0.2) is 151 Å². The summed E-state index contributed by atoms with van der Waals surface area (Å²) in [6, 6.07) is 33.2. The molecule has 3 saturated heterocycles. The molecule has 0 aliphatic carbocycles. The van der Waals surface area contributed by atoms with Gasteiger partial charge in [-0.3, -0.25) is 29.1 Å². The number of esters is 3. The molecular weight excluding hydrogens is 1130 g/mol. The van der Waals surface area contributed by atoms with Gasteiger partial charge in [-0.2, -0.15) is 0 Å². The van der Waals surface area contributed by atoms with Crippen LogP contribution in [0.25, 0.3) is 32.7 Å². The second-order valence-corrected chi connectivity index (χ2v) is 22.6. The number of para-hydroxylation sites is 3. The lowest BCUT2D eigenvalue weighted by Crippen LogP contribution is -2.47. The predicted molar refractivity (Wildman–Crippen MR) is 340 cm³/mol. The fourth-order valence-electron chi connectivity index (χ4n) is 11.9. The molecule has 3 aliphatic rings. The van der Waals surface area contributed by atoms with Crippen LogP contribution in [0.4, 0.5) is 17.1 Å². The first kappa shape index (κ1) is 61.3. The highest BCUT2D eigenvalue weighted by molar-refractivity contribution is 7.09. The average Bonchev–Trinajstić information content (AvgIpc) is 1.14. The molecule has 0 N–H and O–H groups in total. The van der Waals surface area contributed by atoms with Crippen LogP contribution in [0.1, 0.15) is 68.0 Å². The monoisotopic (exact) mass is 1200 g/mol. The van der Waals surface area contributed by atoms with E-state index in [1.165, 1.54) is 18.6 Å². The number of fused-ring (bicyclic) bond motifs is 3. The van der Waals surface area contributed by atoms with E-state index in [0.717, 1.165) is 129 Å². The first-order valence-electron chi connectivity index (χ1n) is 29.6. The van der Waals surface area contributed by atoms with Crippen molar-refractivity contribution in [2.75, 3.05) is 113 Å². The number of pyridine rings is 3. The molecular formula is C66H75N9O11S. The van der Waals surface area contributed by atoms with Gasteiger partial charge in [0.15, 0.2) is 0 Å². The number of hydrogen-bond donors (Lipinski definition) is 0. The maximum Gasteiger partial charge on any atom is 0.345 e. The van der Waals surface area contributed by atoms with Gasteiger partial charge in [0, 0.05) is 139 Å². The quantitative estimate of drug-likeness (QED) is 0.0702. The second-order valence-electron chi connectivity index (χ2n) is 21.6. The highest BCUT2D eigenvalue weighted by atomic mass is 32.1. The van der Waals surface area contributed by atoms with Crippen molar-refractivity contribution >= 4 is 79.0 Å². The Morgan fingerprint density at radius 1 is 0.448 bits per heavy atom. The fourth-order valence-corrected chi connectivity index (χ4v) is 12.6. The Kier molecular flexibility index (Phi) is 19.9. The smallest absolute Gasteiger partial charge is 0.345 e. The van der Waals surface area contributed by atoms with Crippen LogP contribution in [0.5, 0.6) is 0 Å². The number of aromatic nitrogens is 3. The van der Waals surface area contributed by atoms with Crippen LogP contribution in [-0.4, -0.2) is 145 Å². The number of piperazine rings is 3. The van der Waals surface area contributed by atoms with Crippen LogP contribution >= 0.6 is 11.3 Å². The number of ether oxygens (including phenoxy) is 3. The molecule has 0 bridgehead atoms. The van der Waals surface area contributed by atoms with Crippen molar-refractivity contribution in [3.05, 3.63) is 191 Å². The molecule has 21 heteroatoms. The summed E-state index contributed by atoms with van der Waals surface area (Å²) in [5.74, 6) is -0.735.